The first kappa shape index (κ1) is 15.8. The van der Waals surface area contributed by atoms with Crippen molar-refractivity contribution in [3.63, 3.8) is 0 Å². The molecule has 22 heavy (non-hydrogen) atoms. The lowest BCUT2D eigenvalue weighted by atomic mass is 9.97. The van der Waals surface area contributed by atoms with Crippen LogP contribution in [0, 0.1) is 5.82 Å². The summed E-state index contributed by atoms with van der Waals surface area (Å²) >= 11 is 0. The van der Waals surface area contributed by atoms with Crippen LogP contribution in [0.1, 0.15) is 15.9 Å². The van der Waals surface area contributed by atoms with E-state index < -0.39 is 29.1 Å². The third-order valence-corrected chi connectivity index (χ3v) is 3.05. The van der Waals surface area contributed by atoms with E-state index in [0.29, 0.717) is 6.07 Å². The fraction of sp³-hybridized carbons (Fsp3) is 0.133. The lowest BCUT2D eigenvalue weighted by Gasteiger charge is -2.13. The van der Waals surface area contributed by atoms with Crippen LogP contribution in [0.3, 0.4) is 0 Å². The normalized spacial score (nSPS) is 11.3. The van der Waals surface area contributed by atoms with Crippen LogP contribution in [0.4, 0.5) is 17.6 Å². The Hall–Kier alpha value is -2.57. The van der Waals surface area contributed by atoms with Gasteiger partial charge in [-0.2, -0.15) is 13.2 Å². The van der Waals surface area contributed by atoms with E-state index in [1.165, 1.54) is 19.2 Å². The molecule has 0 unspecified atom stereocenters. The van der Waals surface area contributed by atoms with Crippen molar-refractivity contribution >= 4 is 5.97 Å². The van der Waals surface area contributed by atoms with Crippen molar-refractivity contribution < 1.29 is 32.2 Å². The molecule has 116 valence electrons. The van der Waals surface area contributed by atoms with Crippen LogP contribution < -0.4 is 4.74 Å². The maximum atomic E-state index is 14.1. The first-order valence-corrected chi connectivity index (χ1v) is 6.03. The van der Waals surface area contributed by atoms with E-state index in [0.717, 1.165) is 18.2 Å². The zero-order valence-corrected chi connectivity index (χ0v) is 11.2. The van der Waals surface area contributed by atoms with Gasteiger partial charge in [-0.3, -0.25) is 0 Å². The Morgan fingerprint density at radius 3 is 2.36 bits per heavy atom. The van der Waals surface area contributed by atoms with E-state index in [9.17, 15) is 22.4 Å². The second-order valence-electron chi connectivity index (χ2n) is 4.38. The fourth-order valence-electron chi connectivity index (χ4n) is 2.02. The fourth-order valence-corrected chi connectivity index (χ4v) is 2.02. The van der Waals surface area contributed by atoms with Gasteiger partial charge in [-0.1, -0.05) is 12.1 Å². The van der Waals surface area contributed by atoms with E-state index >= 15 is 0 Å². The van der Waals surface area contributed by atoms with E-state index in [1.54, 1.807) is 0 Å². The molecule has 0 heterocycles. The minimum atomic E-state index is -4.87. The monoisotopic (exact) mass is 314 g/mol. The summed E-state index contributed by atoms with van der Waals surface area (Å²) < 4.78 is 57.2. The minimum Gasteiger partial charge on any atom is -0.497 e. The molecule has 0 aliphatic carbocycles. The second kappa shape index (κ2) is 5.67. The third-order valence-electron chi connectivity index (χ3n) is 3.05. The molecule has 1 N–H and O–H groups in total. The molecule has 2 aromatic carbocycles. The van der Waals surface area contributed by atoms with E-state index in [-0.39, 0.29) is 16.9 Å². The number of carboxylic acid groups (broad SMARTS) is 1. The van der Waals surface area contributed by atoms with Gasteiger partial charge in [0.15, 0.2) is 0 Å². The molecule has 2 rings (SSSR count). The molecule has 0 atom stereocenters. The Kier molecular flexibility index (Phi) is 4.07. The van der Waals surface area contributed by atoms with Gasteiger partial charge < -0.3 is 9.84 Å². The van der Waals surface area contributed by atoms with Gasteiger partial charge in [0.25, 0.3) is 0 Å². The average molecular weight is 314 g/mol. The van der Waals surface area contributed by atoms with Crippen molar-refractivity contribution in [1.29, 1.82) is 0 Å². The molecule has 0 radical (unpaired) electrons. The van der Waals surface area contributed by atoms with Crippen LogP contribution in [-0.2, 0) is 6.18 Å². The standard InChI is InChI=1S/C15H10F4O3/c1-22-8-5-6-9(11(7-8)14(20)21)10-3-2-4-12(13(10)16)15(17,18)19/h2-7H,1H3,(H,20,21). The molecular weight excluding hydrogens is 304 g/mol. The number of alkyl halides is 3. The summed E-state index contributed by atoms with van der Waals surface area (Å²) in [7, 11) is 1.31. The first-order valence-electron chi connectivity index (χ1n) is 6.03. The zero-order chi connectivity index (χ0) is 16.5. The van der Waals surface area contributed by atoms with Gasteiger partial charge in [-0.15, -0.1) is 0 Å². The van der Waals surface area contributed by atoms with Gasteiger partial charge in [-0.05, 0) is 29.8 Å². The summed E-state index contributed by atoms with van der Waals surface area (Å²) in [5.74, 6) is -2.71. The Labute approximate surface area is 122 Å². The highest BCUT2D eigenvalue weighted by atomic mass is 19.4. The molecule has 0 saturated heterocycles. The molecule has 3 nitrogen and oxygen atoms in total. The van der Waals surface area contributed by atoms with Crippen molar-refractivity contribution in [3.05, 3.63) is 53.3 Å². The van der Waals surface area contributed by atoms with Crippen molar-refractivity contribution in [3.8, 4) is 16.9 Å². The molecule has 0 bridgehead atoms. The zero-order valence-electron chi connectivity index (χ0n) is 11.2. The van der Waals surface area contributed by atoms with Crippen molar-refractivity contribution in [2.45, 2.75) is 6.18 Å². The molecule has 0 spiro atoms. The summed E-state index contributed by atoms with van der Waals surface area (Å²) in [4.78, 5) is 11.3. The molecule has 0 saturated carbocycles. The summed E-state index contributed by atoms with van der Waals surface area (Å²) in [6.07, 6.45) is -4.87. The lowest BCUT2D eigenvalue weighted by Crippen LogP contribution is -2.09. The predicted octanol–water partition coefficient (Wildman–Crippen LogP) is 4.22. The number of hydrogen-bond acceptors (Lipinski definition) is 2. The summed E-state index contributed by atoms with van der Waals surface area (Å²) in [6, 6.07) is 6.40. The highest BCUT2D eigenvalue weighted by molar-refractivity contribution is 5.96. The van der Waals surface area contributed by atoms with Crippen LogP contribution >= 0.6 is 0 Å². The van der Waals surface area contributed by atoms with Crippen molar-refractivity contribution in [2.75, 3.05) is 7.11 Å². The predicted molar refractivity (Wildman–Crippen MR) is 70.3 cm³/mol. The number of rotatable bonds is 3. The largest absolute Gasteiger partial charge is 0.497 e. The summed E-state index contributed by atoms with van der Waals surface area (Å²) in [6.45, 7) is 0. The van der Waals surface area contributed by atoms with E-state index in [4.69, 9.17) is 9.84 Å². The molecular formula is C15H10F4O3. The van der Waals surface area contributed by atoms with E-state index in [1.807, 2.05) is 0 Å². The Balaban J connectivity index is 2.70. The smallest absolute Gasteiger partial charge is 0.419 e. The van der Waals surface area contributed by atoms with Gasteiger partial charge in [0.2, 0.25) is 0 Å². The molecule has 2 aromatic rings. The van der Waals surface area contributed by atoms with E-state index in [2.05, 4.69) is 0 Å². The minimum absolute atomic E-state index is 0.156. The SMILES string of the molecule is COc1ccc(-c2cccc(C(F)(F)F)c2F)c(C(=O)O)c1. The number of halogens is 4. The Morgan fingerprint density at radius 2 is 1.82 bits per heavy atom. The first-order chi connectivity index (χ1) is 10.3. The van der Waals surface area contributed by atoms with Gasteiger partial charge in [0.1, 0.15) is 11.6 Å². The number of benzene rings is 2. The van der Waals surface area contributed by atoms with Crippen LogP contribution in [-0.4, -0.2) is 18.2 Å². The van der Waals surface area contributed by atoms with Gasteiger partial charge >= 0.3 is 12.1 Å². The van der Waals surface area contributed by atoms with Crippen LogP contribution in [0.25, 0.3) is 11.1 Å². The maximum Gasteiger partial charge on any atom is 0.419 e. The van der Waals surface area contributed by atoms with Crippen molar-refractivity contribution in [2.24, 2.45) is 0 Å². The molecule has 0 aliphatic heterocycles. The lowest BCUT2D eigenvalue weighted by molar-refractivity contribution is -0.139. The molecule has 0 amide bonds. The highest BCUT2D eigenvalue weighted by Crippen LogP contribution is 2.37. The Morgan fingerprint density at radius 1 is 1.14 bits per heavy atom. The number of carboxylic acids is 1. The third kappa shape index (κ3) is 2.88. The molecule has 0 aromatic heterocycles. The number of ether oxygens (including phenoxy) is 1. The van der Waals surface area contributed by atoms with Gasteiger partial charge in [0.05, 0.1) is 18.2 Å². The van der Waals surface area contributed by atoms with Crippen LogP contribution in [0.15, 0.2) is 36.4 Å². The second-order valence-corrected chi connectivity index (χ2v) is 4.38. The molecule has 0 aliphatic rings. The number of aromatic carboxylic acids is 1. The topological polar surface area (TPSA) is 46.5 Å². The van der Waals surface area contributed by atoms with Crippen molar-refractivity contribution in [1.82, 2.24) is 0 Å². The average Bonchev–Trinajstić information content (AvgIpc) is 2.45. The van der Waals surface area contributed by atoms with Crippen LogP contribution in [0.2, 0.25) is 0 Å². The number of carbonyl (C=O) groups is 1. The Bertz CT molecular complexity index is 723. The highest BCUT2D eigenvalue weighted by Gasteiger charge is 2.35. The van der Waals surface area contributed by atoms with Crippen LogP contribution in [0.5, 0.6) is 5.75 Å². The van der Waals surface area contributed by atoms with Gasteiger partial charge in [-0.25, -0.2) is 9.18 Å². The summed E-state index contributed by atoms with van der Waals surface area (Å²) in [5, 5.41) is 9.17. The quantitative estimate of drug-likeness (QED) is 0.863. The molecule has 0 fully saturated rings. The summed E-state index contributed by atoms with van der Waals surface area (Å²) in [5.41, 5.74) is -2.39. The molecule has 7 heteroatoms. The number of hydrogen-bond donors (Lipinski definition) is 1. The maximum absolute atomic E-state index is 14.1. The van der Waals surface area contributed by atoms with Gasteiger partial charge in [0, 0.05) is 5.56 Å². The number of methoxy groups -OCH3 is 1.